The van der Waals surface area contributed by atoms with Gasteiger partial charge < -0.3 is 4.74 Å². The molecule has 20 heavy (non-hydrogen) atoms. The van der Waals surface area contributed by atoms with Gasteiger partial charge in [-0.25, -0.2) is 18.7 Å². The fourth-order valence-corrected chi connectivity index (χ4v) is 2.26. The molecule has 2 aromatic heterocycles. The van der Waals surface area contributed by atoms with Gasteiger partial charge in [0.2, 0.25) is 5.78 Å². The lowest BCUT2D eigenvalue weighted by Gasteiger charge is -2.09. The first-order valence-corrected chi connectivity index (χ1v) is 6.30. The molecule has 1 aromatic carbocycles. The number of hydrogen-bond acceptors (Lipinski definition) is 4. The third kappa shape index (κ3) is 1.69. The van der Waals surface area contributed by atoms with Crippen LogP contribution < -0.4 is 5.56 Å². The summed E-state index contributed by atoms with van der Waals surface area (Å²) in [4.78, 5) is 28.6. The normalized spacial score (nSPS) is 11.1. The highest BCUT2D eigenvalue weighted by atomic mass is 16.5. The van der Waals surface area contributed by atoms with E-state index in [1.807, 2.05) is 12.1 Å². The first-order valence-electron chi connectivity index (χ1n) is 6.30. The van der Waals surface area contributed by atoms with Gasteiger partial charge in [-0.1, -0.05) is 12.1 Å². The van der Waals surface area contributed by atoms with Gasteiger partial charge in [-0.15, -0.1) is 0 Å². The Morgan fingerprint density at radius 1 is 1.35 bits per heavy atom. The Morgan fingerprint density at radius 3 is 2.85 bits per heavy atom. The van der Waals surface area contributed by atoms with E-state index in [-0.39, 0.29) is 17.9 Å². The van der Waals surface area contributed by atoms with Gasteiger partial charge in [-0.3, -0.25) is 4.79 Å². The summed E-state index contributed by atoms with van der Waals surface area (Å²) in [6, 6.07) is 8.65. The second-order valence-corrected chi connectivity index (χ2v) is 4.39. The minimum Gasteiger partial charge on any atom is -0.449 e. The summed E-state index contributed by atoms with van der Waals surface area (Å²) in [5, 5.41) is 0. The van der Waals surface area contributed by atoms with Gasteiger partial charge in [0.1, 0.15) is 0 Å². The van der Waals surface area contributed by atoms with E-state index in [1.165, 1.54) is 15.0 Å². The number of aryl methyl sites for hydroxylation is 1. The van der Waals surface area contributed by atoms with Crippen molar-refractivity contribution in [2.24, 2.45) is 0 Å². The topological polar surface area (TPSA) is 65.6 Å². The number of carbonyl (C=O) groups is 1. The molecule has 6 nitrogen and oxygen atoms in total. The number of nitrogens with zero attached hydrogens (tertiary/aromatic N) is 3. The fourth-order valence-electron chi connectivity index (χ4n) is 2.26. The Balaban J connectivity index is 2.46. The summed E-state index contributed by atoms with van der Waals surface area (Å²) in [6.07, 6.45) is -0.537. The average Bonchev–Trinajstić information content (AvgIpc) is 2.78. The largest absolute Gasteiger partial charge is 0.449 e. The number of fused-ring (bicyclic) bond motifs is 3. The number of hydrogen-bond donors (Lipinski definition) is 0. The lowest BCUT2D eigenvalue weighted by molar-refractivity contribution is 0.154. The predicted octanol–water partition coefficient (Wildman–Crippen LogP) is 1.96. The van der Waals surface area contributed by atoms with Crippen molar-refractivity contribution in [2.75, 3.05) is 6.61 Å². The number of para-hydroxylation sites is 2. The highest BCUT2D eigenvalue weighted by Gasteiger charge is 2.17. The van der Waals surface area contributed by atoms with E-state index in [0.29, 0.717) is 16.7 Å². The molecule has 0 N–H and O–H groups in total. The number of benzene rings is 1. The van der Waals surface area contributed by atoms with Gasteiger partial charge >= 0.3 is 6.09 Å². The summed E-state index contributed by atoms with van der Waals surface area (Å²) in [7, 11) is 0. The van der Waals surface area contributed by atoms with Crippen LogP contribution in [0.25, 0.3) is 16.8 Å². The maximum absolute atomic E-state index is 12.2. The Bertz CT molecular complexity index is 876. The van der Waals surface area contributed by atoms with Crippen LogP contribution in [0, 0.1) is 6.92 Å². The third-order valence-corrected chi connectivity index (χ3v) is 3.10. The molecule has 0 aliphatic rings. The first kappa shape index (κ1) is 12.4. The number of ether oxygens (including phenoxy) is 1. The van der Waals surface area contributed by atoms with Crippen LogP contribution in [0.15, 0.2) is 35.1 Å². The zero-order valence-electron chi connectivity index (χ0n) is 11.2. The minimum atomic E-state index is -0.537. The van der Waals surface area contributed by atoms with E-state index < -0.39 is 6.09 Å². The number of carbonyl (C=O) groups excluding carboxylic acids is 1. The van der Waals surface area contributed by atoms with Crippen molar-refractivity contribution in [1.29, 1.82) is 0 Å². The van der Waals surface area contributed by atoms with Crippen LogP contribution in [0.2, 0.25) is 0 Å². The van der Waals surface area contributed by atoms with Crippen molar-refractivity contribution in [3.63, 3.8) is 0 Å². The molecule has 0 aliphatic heterocycles. The molecular weight excluding hydrogens is 258 g/mol. The van der Waals surface area contributed by atoms with Gasteiger partial charge in [0, 0.05) is 11.8 Å². The Labute approximate surface area is 114 Å². The second-order valence-electron chi connectivity index (χ2n) is 4.39. The molecule has 0 aliphatic carbocycles. The van der Waals surface area contributed by atoms with E-state index in [9.17, 15) is 9.59 Å². The molecule has 0 saturated heterocycles. The molecule has 0 saturated carbocycles. The van der Waals surface area contributed by atoms with Crippen LogP contribution in [-0.4, -0.2) is 26.7 Å². The lowest BCUT2D eigenvalue weighted by atomic mass is 10.3. The Kier molecular flexibility index (Phi) is 2.78. The Hall–Kier alpha value is -2.63. The molecular formula is C14H13N3O3. The molecule has 2 heterocycles. The van der Waals surface area contributed by atoms with Crippen molar-refractivity contribution >= 4 is 22.9 Å². The van der Waals surface area contributed by atoms with Crippen LogP contribution in [0.4, 0.5) is 4.79 Å². The van der Waals surface area contributed by atoms with Crippen LogP contribution in [0.3, 0.4) is 0 Å². The number of aromatic nitrogens is 3. The van der Waals surface area contributed by atoms with Gasteiger partial charge in [0.05, 0.1) is 17.6 Å². The second kappa shape index (κ2) is 4.48. The maximum atomic E-state index is 12.2. The highest BCUT2D eigenvalue weighted by molar-refractivity contribution is 5.83. The van der Waals surface area contributed by atoms with Gasteiger partial charge in [-0.2, -0.15) is 0 Å². The van der Waals surface area contributed by atoms with Crippen LogP contribution in [-0.2, 0) is 4.74 Å². The van der Waals surface area contributed by atoms with Crippen molar-refractivity contribution in [3.8, 4) is 0 Å². The quantitative estimate of drug-likeness (QED) is 0.678. The van der Waals surface area contributed by atoms with E-state index in [1.54, 1.807) is 26.0 Å². The highest BCUT2D eigenvalue weighted by Crippen LogP contribution is 2.15. The van der Waals surface area contributed by atoms with E-state index in [2.05, 4.69) is 4.98 Å². The maximum Gasteiger partial charge on any atom is 0.421 e. The molecule has 0 fully saturated rings. The third-order valence-electron chi connectivity index (χ3n) is 3.10. The molecule has 102 valence electrons. The van der Waals surface area contributed by atoms with E-state index in [0.717, 1.165) is 0 Å². The van der Waals surface area contributed by atoms with Crippen molar-refractivity contribution < 1.29 is 9.53 Å². The summed E-state index contributed by atoms with van der Waals surface area (Å²) >= 11 is 0. The van der Waals surface area contributed by atoms with Crippen molar-refractivity contribution in [2.45, 2.75) is 13.8 Å². The van der Waals surface area contributed by atoms with E-state index >= 15 is 0 Å². The smallest absolute Gasteiger partial charge is 0.421 e. The van der Waals surface area contributed by atoms with Gasteiger partial charge in [0.25, 0.3) is 5.56 Å². The average molecular weight is 271 g/mol. The summed E-state index contributed by atoms with van der Waals surface area (Å²) in [6.45, 7) is 3.67. The molecule has 3 aromatic rings. The molecule has 0 amide bonds. The fraction of sp³-hybridized carbons (Fsp3) is 0.214. The predicted molar refractivity (Wildman–Crippen MR) is 74.1 cm³/mol. The van der Waals surface area contributed by atoms with Crippen LogP contribution in [0.1, 0.15) is 12.6 Å². The summed E-state index contributed by atoms with van der Waals surface area (Å²) < 4.78 is 7.75. The molecule has 0 atom stereocenters. The van der Waals surface area contributed by atoms with Gasteiger partial charge in [0.15, 0.2) is 0 Å². The van der Waals surface area contributed by atoms with Crippen molar-refractivity contribution in [3.05, 3.63) is 46.4 Å². The monoisotopic (exact) mass is 271 g/mol. The number of rotatable bonds is 1. The van der Waals surface area contributed by atoms with Crippen LogP contribution >= 0.6 is 0 Å². The van der Waals surface area contributed by atoms with Gasteiger partial charge in [-0.05, 0) is 26.0 Å². The lowest BCUT2D eigenvalue weighted by Crippen LogP contribution is -2.24. The molecule has 0 spiro atoms. The Morgan fingerprint density at radius 2 is 2.10 bits per heavy atom. The first-order chi connectivity index (χ1) is 9.63. The van der Waals surface area contributed by atoms with Crippen molar-refractivity contribution in [1.82, 2.24) is 14.0 Å². The molecule has 0 bridgehead atoms. The molecule has 0 unspecified atom stereocenters. The van der Waals surface area contributed by atoms with E-state index in [4.69, 9.17) is 4.74 Å². The number of imidazole rings is 1. The molecule has 3 rings (SSSR count). The summed E-state index contributed by atoms with van der Waals surface area (Å²) in [5.74, 6) is 0.273. The van der Waals surface area contributed by atoms with Crippen LogP contribution in [0.5, 0.6) is 0 Å². The zero-order valence-corrected chi connectivity index (χ0v) is 11.2. The molecule has 6 heteroatoms. The standard InChI is InChI=1S/C14H13N3O3/c1-3-20-14(19)16-9(2)8-12(18)17-11-7-5-4-6-10(11)15-13(16)17/h4-8H,3H2,1-2H3. The molecule has 0 radical (unpaired) electrons. The SMILES string of the molecule is CCOC(=O)n1c(C)cc(=O)n2c3ccccc3nc12. The zero-order chi connectivity index (χ0) is 14.3. The minimum absolute atomic E-state index is 0.216. The summed E-state index contributed by atoms with van der Waals surface area (Å²) in [5.41, 5.74) is 1.61.